The molecule has 0 radical (unpaired) electrons. The Morgan fingerprint density at radius 3 is 2.63 bits per heavy atom. The smallest absolute Gasteiger partial charge is 0.285 e. The van der Waals surface area contributed by atoms with Crippen molar-refractivity contribution in [2.45, 2.75) is 38.5 Å². The maximum absolute atomic E-state index is 12.4. The van der Waals surface area contributed by atoms with Gasteiger partial charge in [0, 0.05) is 5.92 Å². The largest absolute Gasteiger partial charge is 0.294 e. The molecule has 3 rings (SSSR count). The van der Waals surface area contributed by atoms with Crippen LogP contribution in [0.15, 0.2) is 33.5 Å². The average molecular weight is 321 g/mol. The van der Waals surface area contributed by atoms with Crippen molar-refractivity contribution < 1.29 is 0 Å². The Morgan fingerprint density at radius 1 is 1.26 bits per heavy atom. The molecule has 0 atom stereocenters. The van der Waals surface area contributed by atoms with E-state index in [0.29, 0.717) is 10.4 Å². The fraction of sp³-hybridized carbons (Fsp3) is 0.400. The third-order valence-corrected chi connectivity index (χ3v) is 4.75. The van der Waals surface area contributed by atoms with Gasteiger partial charge in [-0.1, -0.05) is 31.0 Å². The second kappa shape index (κ2) is 5.00. The molecular formula is C15H17BrN2O. The molecule has 1 aliphatic rings. The first-order valence-corrected chi connectivity index (χ1v) is 7.54. The van der Waals surface area contributed by atoms with E-state index in [0.717, 1.165) is 16.9 Å². The Balaban J connectivity index is 2.11. The van der Waals surface area contributed by atoms with Gasteiger partial charge in [0.2, 0.25) is 0 Å². The molecule has 4 heteroatoms. The number of halogens is 1. The SMILES string of the molecule is Cc1ccccc1-n1[nH]c(C2CCCC2)c(Br)c1=O. The lowest BCUT2D eigenvalue weighted by atomic mass is 10.1. The van der Waals surface area contributed by atoms with Gasteiger partial charge in [0.25, 0.3) is 5.56 Å². The van der Waals surface area contributed by atoms with Crippen LogP contribution in [-0.4, -0.2) is 9.78 Å². The third-order valence-electron chi connectivity index (χ3n) is 3.98. The molecule has 1 saturated carbocycles. The van der Waals surface area contributed by atoms with Crippen LogP contribution in [0.2, 0.25) is 0 Å². The van der Waals surface area contributed by atoms with E-state index in [4.69, 9.17) is 0 Å². The van der Waals surface area contributed by atoms with Gasteiger partial charge in [-0.05, 0) is 47.3 Å². The number of aromatic nitrogens is 2. The van der Waals surface area contributed by atoms with Gasteiger partial charge in [0.05, 0.1) is 11.4 Å². The minimum absolute atomic E-state index is 0.0104. The van der Waals surface area contributed by atoms with E-state index in [9.17, 15) is 4.79 Å². The monoisotopic (exact) mass is 320 g/mol. The minimum atomic E-state index is 0.0104. The molecule has 19 heavy (non-hydrogen) atoms. The Morgan fingerprint density at radius 2 is 1.95 bits per heavy atom. The first-order valence-electron chi connectivity index (χ1n) is 6.75. The number of aromatic amines is 1. The summed E-state index contributed by atoms with van der Waals surface area (Å²) in [6, 6.07) is 7.93. The van der Waals surface area contributed by atoms with E-state index in [2.05, 4.69) is 21.0 Å². The van der Waals surface area contributed by atoms with Crippen LogP contribution < -0.4 is 5.56 Å². The predicted molar refractivity (Wildman–Crippen MR) is 80.0 cm³/mol. The molecule has 1 heterocycles. The summed E-state index contributed by atoms with van der Waals surface area (Å²) in [5, 5.41) is 3.31. The van der Waals surface area contributed by atoms with E-state index in [1.54, 1.807) is 4.68 Å². The zero-order chi connectivity index (χ0) is 13.4. The van der Waals surface area contributed by atoms with Crippen LogP contribution in [0.5, 0.6) is 0 Å². The molecule has 1 fully saturated rings. The molecule has 100 valence electrons. The molecular weight excluding hydrogens is 304 g/mol. The molecule has 0 aliphatic heterocycles. The first kappa shape index (κ1) is 12.7. The molecule has 0 unspecified atom stereocenters. The van der Waals surface area contributed by atoms with Crippen LogP contribution in [0, 0.1) is 6.92 Å². The van der Waals surface area contributed by atoms with Crippen LogP contribution in [0.4, 0.5) is 0 Å². The highest BCUT2D eigenvalue weighted by molar-refractivity contribution is 9.10. The number of hydrogen-bond acceptors (Lipinski definition) is 1. The number of nitrogens with zero attached hydrogens (tertiary/aromatic N) is 1. The molecule has 1 aromatic heterocycles. The van der Waals surface area contributed by atoms with Crippen molar-refractivity contribution in [3.63, 3.8) is 0 Å². The molecule has 2 aromatic rings. The van der Waals surface area contributed by atoms with Gasteiger partial charge in [-0.2, -0.15) is 0 Å². The summed E-state index contributed by atoms with van der Waals surface area (Å²) < 4.78 is 2.36. The molecule has 0 amide bonds. The van der Waals surface area contributed by atoms with Crippen LogP contribution in [-0.2, 0) is 0 Å². The van der Waals surface area contributed by atoms with Crippen LogP contribution in [0.25, 0.3) is 5.69 Å². The molecule has 1 aliphatic carbocycles. The lowest BCUT2D eigenvalue weighted by Crippen LogP contribution is -2.15. The van der Waals surface area contributed by atoms with Gasteiger partial charge >= 0.3 is 0 Å². The highest BCUT2D eigenvalue weighted by Crippen LogP contribution is 2.35. The summed E-state index contributed by atoms with van der Waals surface area (Å²) in [5.41, 5.74) is 3.09. The topological polar surface area (TPSA) is 37.8 Å². The number of hydrogen-bond donors (Lipinski definition) is 1. The quantitative estimate of drug-likeness (QED) is 0.895. The van der Waals surface area contributed by atoms with Crippen molar-refractivity contribution in [1.29, 1.82) is 0 Å². The maximum atomic E-state index is 12.4. The van der Waals surface area contributed by atoms with Crippen molar-refractivity contribution in [1.82, 2.24) is 9.78 Å². The number of benzene rings is 1. The zero-order valence-corrected chi connectivity index (χ0v) is 12.5. The number of para-hydroxylation sites is 1. The summed E-state index contributed by atoms with van der Waals surface area (Å²) >= 11 is 3.47. The van der Waals surface area contributed by atoms with E-state index < -0.39 is 0 Å². The predicted octanol–water partition coefficient (Wildman–Crippen LogP) is 3.89. The number of rotatable bonds is 2. The van der Waals surface area contributed by atoms with Gasteiger partial charge < -0.3 is 0 Å². The molecule has 0 bridgehead atoms. The van der Waals surface area contributed by atoms with Crippen molar-refractivity contribution in [2.24, 2.45) is 0 Å². The normalized spacial score (nSPS) is 16.1. The summed E-state index contributed by atoms with van der Waals surface area (Å²) in [6.45, 7) is 2.02. The second-order valence-corrected chi connectivity index (χ2v) is 6.04. The minimum Gasteiger partial charge on any atom is -0.294 e. The molecule has 1 aromatic carbocycles. The van der Waals surface area contributed by atoms with Crippen LogP contribution in [0.1, 0.15) is 42.9 Å². The van der Waals surface area contributed by atoms with Gasteiger partial charge in [-0.3, -0.25) is 9.89 Å². The van der Waals surface area contributed by atoms with Crippen LogP contribution in [0.3, 0.4) is 0 Å². The van der Waals surface area contributed by atoms with E-state index in [-0.39, 0.29) is 5.56 Å². The summed E-state index contributed by atoms with van der Waals surface area (Å²) in [5.74, 6) is 0.493. The molecule has 1 N–H and O–H groups in total. The Labute approximate surface area is 120 Å². The summed E-state index contributed by atoms with van der Waals surface area (Å²) in [6.07, 6.45) is 4.86. The van der Waals surface area contributed by atoms with Crippen LogP contribution >= 0.6 is 15.9 Å². The number of H-pyrrole nitrogens is 1. The Hall–Kier alpha value is -1.29. The van der Waals surface area contributed by atoms with Crippen molar-refractivity contribution in [3.05, 3.63) is 50.3 Å². The summed E-state index contributed by atoms with van der Waals surface area (Å²) in [4.78, 5) is 12.4. The van der Waals surface area contributed by atoms with Gasteiger partial charge in [-0.15, -0.1) is 0 Å². The summed E-state index contributed by atoms with van der Waals surface area (Å²) in [7, 11) is 0. The Kier molecular flexibility index (Phi) is 3.35. The fourth-order valence-corrected chi connectivity index (χ4v) is 3.49. The van der Waals surface area contributed by atoms with Gasteiger partial charge in [0.15, 0.2) is 0 Å². The third kappa shape index (κ3) is 2.18. The first-order chi connectivity index (χ1) is 9.18. The fourth-order valence-electron chi connectivity index (χ4n) is 2.90. The van der Waals surface area contributed by atoms with E-state index in [1.807, 2.05) is 31.2 Å². The molecule has 0 saturated heterocycles. The molecule has 0 spiro atoms. The number of aryl methyl sites for hydroxylation is 1. The lowest BCUT2D eigenvalue weighted by Gasteiger charge is -2.08. The van der Waals surface area contributed by atoms with E-state index >= 15 is 0 Å². The Bertz CT molecular complexity index is 650. The maximum Gasteiger partial charge on any atom is 0.285 e. The highest BCUT2D eigenvalue weighted by Gasteiger charge is 2.24. The van der Waals surface area contributed by atoms with Gasteiger partial charge in [0.1, 0.15) is 4.47 Å². The average Bonchev–Trinajstić information content (AvgIpc) is 3.02. The lowest BCUT2D eigenvalue weighted by molar-refractivity contribution is 0.674. The number of nitrogens with one attached hydrogen (secondary N) is 1. The van der Waals surface area contributed by atoms with Crippen molar-refractivity contribution in [2.75, 3.05) is 0 Å². The van der Waals surface area contributed by atoms with Crippen molar-refractivity contribution >= 4 is 15.9 Å². The van der Waals surface area contributed by atoms with Crippen molar-refractivity contribution in [3.8, 4) is 5.69 Å². The molecule has 3 nitrogen and oxygen atoms in total. The standard InChI is InChI=1S/C15H17BrN2O/c1-10-6-2-5-9-12(10)18-15(19)13(16)14(17-18)11-7-3-4-8-11/h2,5-6,9,11,17H,3-4,7-8H2,1H3. The van der Waals surface area contributed by atoms with E-state index in [1.165, 1.54) is 25.7 Å². The van der Waals surface area contributed by atoms with Gasteiger partial charge in [-0.25, -0.2) is 4.68 Å². The zero-order valence-electron chi connectivity index (χ0n) is 10.9. The second-order valence-electron chi connectivity index (χ2n) is 5.25. The highest BCUT2D eigenvalue weighted by atomic mass is 79.9.